The van der Waals surface area contributed by atoms with Crippen molar-refractivity contribution < 1.29 is 23.9 Å². The van der Waals surface area contributed by atoms with Crippen molar-refractivity contribution in [2.45, 2.75) is 6.92 Å². The Morgan fingerprint density at radius 3 is 2.72 bits per heavy atom. The Labute approximate surface area is 152 Å². The zero-order chi connectivity index (χ0) is 18.1. The number of halogens is 1. The van der Waals surface area contributed by atoms with Gasteiger partial charge in [-0.05, 0) is 49.0 Å². The summed E-state index contributed by atoms with van der Waals surface area (Å²) >= 11 is 6.71. The Morgan fingerprint density at radius 1 is 1.32 bits per heavy atom. The quantitative estimate of drug-likeness (QED) is 0.797. The summed E-state index contributed by atoms with van der Waals surface area (Å²) in [6.07, 6.45) is 1.50. The number of thioether (sulfide) groups is 1. The van der Waals surface area contributed by atoms with Crippen LogP contribution in [0.2, 0.25) is 5.02 Å². The molecule has 0 radical (unpaired) electrons. The third-order valence-electron chi connectivity index (χ3n) is 3.57. The van der Waals surface area contributed by atoms with Gasteiger partial charge in [0.25, 0.3) is 11.1 Å². The van der Waals surface area contributed by atoms with Gasteiger partial charge in [0.15, 0.2) is 0 Å². The SMILES string of the molecule is CCN1C(=O)S/C(=C\c2ccc(-c3ccc(Cl)c(C(=O)O)c3)o2)C1=O. The van der Waals surface area contributed by atoms with E-state index in [-0.39, 0.29) is 26.6 Å². The molecule has 8 heteroatoms. The van der Waals surface area contributed by atoms with Crippen LogP contribution in [-0.2, 0) is 4.79 Å². The Kier molecular flexibility index (Phi) is 4.69. The van der Waals surface area contributed by atoms with Crippen molar-refractivity contribution in [1.82, 2.24) is 4.90 Å². The number of aromatic carboxylic acids is 1. The molecule has 0 saturated carbocycles. The summed E-state index contributed by atoms with van der Waals surface area (Å²) in [5, 5.41) is 8.96. The van der Waals surface area contributed by atoms with Crippen LogP contribution in [0.5, 0.6) is 0 Å². The molecule has 25 heavy (non-hydrogen) atoms. The van der Waals surface area contributed by atoms with E-state index in [2.05, 4.69) is 0 Å². The van der Waals surface area contributed by atoms with Crippen LogP contribution >= 0.6 is 23.4 Å². The largest absolute Gasteiger partial charge is 0.478 e. The minimum absolute atomic E-state index is 0.0267. The summed E-state index contributed by atoms with van der Waals surface area (Å²) in [6.45, 7) is 2.04. The number of hydrogen-bond acceptors (Lipinski definition) is 5. The van der Waals surface area contributed by atoms with Gasteiger partial charge in [-0.15, -0.1) is 0 Å². The molecule has 1 saturated heterocycles. The third-order valence-corrected chi connectivity index (χ3v) is 4.81. The maximum Gasteiger partial charge on any atom is 0.337 e. The van der Waals surface area contributed by atoms with E-state index in [1.165, 1.54) is 18.2 Å². The molecule has 6 nitrogen and oxygen atoms in total. The molecule has 1 N–H and O–H groups in total. The van der Waals surface area contributed by atoms with Gasteiger partial charge in [-0.25, -0.2) is 4.79 Å². The fraction of sp³-hybridized carbons (Fsp3) is 0.118. The molecule has 128 valence electrons. The van der Waals surface area contributed by atoms with Gasteiger partial charge in [0.05, 0.1) is 15.5 Å². The Balaban J connectivity index is 1.90. The number of amides is 2. The fourth-order valence-electron chi connectivity index (χ4n) is 2.33. The molecular formula is C17H12ClNO5S. The average molecular weight is 378 g/mol. The lowest BCUT2D eigenvalue weighted by molar-refractivity contribution is -0.122. The van der Waals surface area contributed by atoms with Crippen LogP contribution in [0.15, 0.2) is 39.7 Å². The molecular weight excluding hydrogens is 366 g/mol. The van der Waals surface area contributed by atoms with E-state index in [4.69, 9.17) is 21.1 Å². The minimum atomic E-state index is -1.13. The monoisotopic (exact) mass is 377 g/mol. The molecule has 1 fully saturated rings. The van der Waals surface area contributed by atoms with Crippen molar-refractivity contribution in [2.24, 2.45) is 0 Å². The number of furan rings is 1. The number of hydrogen-bond donors (Lipinski definition) is 1. The van der Waals surface area contributed by atoms with E-state index >= 15 is 0 Å². The molecule has 1 aliphatic heterocycles. The normalized spacial score (nSPS) is 16.1. The van der Waals surface area contributed by atoms with E-state index in [9.17, 15) is 14.4 Å². The van der Waals surface area contributed by atoms with Crippen molar-refractivity contribution in [3.05, 3.63) is 51.6 Å². The zero-order valence-corrected chi connectivity index (χ0v) is 14.6. The lowest BCUT2D eigenvalue weighted by Gasteiger charge is -2.06. The molecule has 1 aromatic heterocycles. The molecule has 1 aliphatic rings. The summed E-state index contributed by atoms with van der Waals surface area (Å²) < 4.78 is 5.65. The van der Waals surface area contributed by atoms with Crippen LogP contribution in [0.25, 0.3) is 17.4 Å². The van der Waals surface area contributed by atoms with E-state index in [1.807, 2.05) is 0 Å². The molecule has 0 bridgehead atoms. The average Bonchev–Trinajstić information content (AvgIpc) is 3.13. The number of likely N-dealkylation sites (N-methyl/N-ethyl adjacent to an activating group) is 1. The maximum absolute atomic E-state index is 12.1. The van der Waals surface area contributed by atoms with Crippen LogP contribution in [0.1, 0.15) is 23.0 Å². The second kappa shape index (κ2) is 6.78. The lowest BCUT2D eigenvalue weighted by Crippen LogP contribution is -2.27. The molecule has 2 heterocycles. The number of benzene rings is 1. The Bertz CT molecular complexity index is 918. The second-order valence-corrected chi connectivity index (χ2v) is 6.53. The topological polar surface area (TPSA) is 87.8 Å². The van der Waals surface area contributed by atoms with Gasteiger partial charge in [-0.2, -0.15) is 0 Å². The molecule has 2 amide bonds. The molecule has 3 rings (SSSR count). The number of imide groups is 1. The van der Waals surface area contributed by atoms with E-state index in [1.54, 1.807) is 25.1 Å². The van der Waals surface area contributed by atoms with Crippen molar-refractivity contribution in [1.29, 1.82) is 0 Å². The van der Waals surface area contributed by atoms with E-state index in [0.717, 1.165) is 16.7 Å². The predicted molar refractivity (Wildman–Crippen MR) is 94.5 cm³/mol. The van der Waals surface area contributed by atoms with Gasteiger partial charge in [0, 0.05) is 18.2 Å². The Hall–Kier alpha value is -2.51. The van der Waals surface area contributed by atoms with Crippen molar-refractivity contribution in [3.63, 3.8) is 0 Å². The van der Waals surface area contributed by atoms with Crippen LogP contribution in [-0.4, -0.2) is 33.7 Å². The molecule has 0 atom stereocenters. The van der Waals surface area contributed by atoms with Gasteiger partial charge in [-0.1, -0.05) is 11.6 Å². The molecule has 0 spiro atoms. The number of carboxylic acid groups (broad SMARTS) is 1. The molecule has 0 aliphatic carbocycles. The summed E-state index contributed by atoms with van der Waals surface area (Å²) in [7, 11) is 0. The molecule has 2 aromatic rings. The number of carboxylic acids is 1. The van der Waals surface area contributed by atoms with E-state index < -0.39 is 5.97 Å². The van der Waals surface area contributed by atoms with Crippen LogP contribution in [0, 0.1) is 0 Å². The third kappa shape index (κ3) is 3.33. The first-order valence-electron chi connectivity index (χ1n) is 7.29. The number of carbonyl (C=O) groups excluding carboxylic acids is 2. The van der Waals surface area contributed by atoms with Crippen LogP contribution in [0.3, 0.4) is 0 Å². The summed E-state index contributed by atoms with van der Waals surface area (Å²) in [5.41, 5.74) is 0.518. The fourth-order valence-corrected chi connectivity index (χ4v) is 3.41. The number of carbonyl (C=O) groups is 3. The van der Waals surface area contributed by atoms with Gasteiger partial charge in [-0.3, -0.25) is 14.5 Å². The standard InChI is InChI=1S/C17H12ClNO5S/c1-2-19-15(20)14(25-17(19)23)8-10-4-6-13(24-10)9-3-5-12(18)11(7-9)16(21)22/h3-8H,2H2,1H3,(H,21,22)/b14-8-. The number of rotatable bonds is 4. The van der Waals surface area contributed by atoms with Gasteiger partial charge in [0.2, 0.25) is 0 Å². The summed E-state index contributed by atoms with van der Waals surface area (Å²) in [6, 6.07) is 7.84. The first kappa shape index (κ1) is 17.3. The van der Waals surface area contributed by atoms with Gasteiger partial charge >= 0.3 is 5.97 Å². The zero-order valence-electron chi connectivity index (χ0n) is 13.0. The van der Waals surface area contributed by atoms with Crippen molar-refractivity contribution in [2.75, 3.05) is 6.54 Å². The molecule has 0 unspecified atom stereocenters. The summed E-state index contributed by atoms with van der Waals surface area (Å²) in [4.78, 5) is 36.4. The van der Waals surface area contributed by atoms with Gasteiger partial charge < -0.3 is 9.52 Å². The van der Waals surface area contributed by atoms with E-state index in [0.29, 0.717) is 23.6 Å². The summed E-state index contributed by atoms with van der Waals surface area (Å²) in [5.74, 6) is -0.662. The second-order valence-electron chi connectivity index (χ2n) is 5.13. The van der Waals surface area contributed by atoms with Crippen molar-refractivity contribution >= 4 is 46.6 Å². The highest BCUT2D eigenvalue weighted by atomic mass is 35.5. The van der Waals surface area contributed by atoms with Crippen LogP contribution in [0.4, 0.5) is 4.79 Å². The first-order chi connectivity index (χ1) is 11.9. The Morgan fingerprint density at radius 2 is 2.08 bits per heavy atom. The highest BCUT2D eigenvalue weighted by molar-refractivity contribution is 8.18. The smallest absolute Gasteiger partial charge is 0.337 e. The maximum atomic E-state index is 12.1. The first-order valence-corrected chi connectivity index (χ1v) is 8.48. The lowest BCUT2D eigenvalue weighted by atomic mass is 10.1. The highest BCUT2D eigenvalue weighted by Crippen LogP contribution is 2.33. The van der Waals surface area contributed by atoms with Gasteiger partial charge in [0.1, 0.15) is 11.5 Å². The van der Waals surface area contributed by atoms with Crippen LogP contribution < -0.4 is 0 Å². The van der Waals surface area contributed by atoms with Crippen molar-refractivity contribution in [3.8, 4) is 11.3 Å². The number of nitrogens with zero attached hydrogens (tertiary/aromatic N) is 1. The highest BCUT2D eigenvalue weighted by Gasteiger charge is 2.33. The minimum Gasteiger partial charge on any atom is -0.478 e. The molecule has 1 aromatic carbocycles. The predicted octanol–water partition coefficient (Wildman–Crippen LogP) is 4.35.